The van der Waals surface area contributed by atoms with Crippen LogP contribution in [0.5, 0.6) is 0 Å². The number of amides is 1. The summed E-state index contributed by atoms with van der Waals surface area (Å²) in [4.78, 5) is 20.4. The maximum Gasteiger partial charge on any atom is 0.222 e. The lowest BCUT2D eigenvalue weighted by Gasteiger charge is -2.37. The number of carbonyl (C=O) groups is 1. The zero-order valence-electron chi connectivity index (χ0n) is 11.1. The van der Waals surface area contributed by atoms with Crippen LogP contribution in [0.25, 0.3) is 0 Å². The molecule has 0 radical (unpaired) electrons. The Morgan fingerprint density at radius 3 is 2.68 bits per heavy atom. The van der Waals surface area contributed by atoms with E-state index in [1.807, 2.05) is 12.1 Å². The van der Waals surface area contributed by atoms with E-state index < -0.39 is 0 Å². The molecule has 2 N–H and O–H groups in total. The number of rotatable bonds is 2. The Bertz CT molecular complexity index is 468. The zero-order valence-corrected chi connectivity index (χ0v) is 11.1. The molecule has 102 valence electrons. The molecule has 0 unspecified atom stereocenters. The number of likely N-dealkylation sites (tertiary alicyclic amines) is 1. The summed E-state index contributed by atoms with van der Waals surface area (Å²) >= 11 is 0. The van der Waals surface area contributed by atoms with E-state index >= 15 is 0 Å². The van der Waals surface area contributed by atoms with Crippen molar-refractivity contribution in [3.8, 4) is 0 Å². The second-order valence-corrected chi connectivity index (χ2v) is 5.33. The normalized spacial score (nSPS) is 21.2. The lowest BCUT2D eigenvalue weighted by molar-refractivity contribution is -0.130. The molecule has 19 heavy (non-hydrogen) atoms. The van der Waals surface area contributed by atoms with Gasteiger partial charge in [-0.25, -0.2) is 4.98 Å². The van der Waals surface area contributed by atoms with E-state index in [0.717, 1.165) is 56.8 Å². The first-order valence-corrected chi connectivity index (χ1v) is 7.00. The molecule has 0 bridgehead atoms. The smallest absolute Gasteiger partial charge is 0.222 e. The Kier molecular flexibility index (Phi) is 3.27. The number of piperidine rings is 1. The largest absolute Gasteiger partial charge is 0.396 e. The quantitative estimate of drug-likeness (QED) is 0.869. The van der Waals surface area contributed by atoms with Crippen LogP contribution in [0.3, 0.4) is 0 Å². The summed E-state index contributed by atoms with van der Waals surface area (Å²) in [6, 6.07) is 4.16. The molecule has 0 aromatic carbocycles. The summed E-state index contributed by atoms with van der Waals surface area (Å²) < 4.78 is 0. The highest BCUT2D eigenvalue weighted by atomic mass is 16.2. The van der Waals surface area contributed by atoms with Crippen molar-refractivity contribution >= 4 is 17.4 Å². The van der Waals surface area contributed by atoms with Gasteiger partial charge in [0, 0.05) is 38.3 Å². The molecule has 0 saturated carbocycles. The molecule has 1 aromatic rings. The first-order chi connectivity index (χ1) is 9.25. The lowest BCUT2D eigenvalue weighted by atomic mass is 10.0. The fraction of sp³-hybridized carbons (Fsp3) is 0.571. The third kappa shape index (κ3) is 2.37. The summed E-state index contributed by atoms with van der Waals surface area (Å²) in [5.74, 6) is 1.21. The number of nitrogens with zero attached hydrogens (tertiary/aromatic N) is 3. The predicted molar refractivity (Wildman–Crippen MR) is 74.8 cm³/mol. The molecule has 2 fully saturated rings. The second-order valence-electron chi connectivity index (χ2n) is 5.33. The fourth-order valence-corrected chi connectivity index (χ4v) is 3.12. The highest BCUT2D eigenvalue weighted by Crippen LogP contribution is 2.26. The number of pyridine rings is 1. The van der Waals surface area contributed by atoms with Crippen molar-refractivity contribution in [2.75, 3.05) is 30.3 Å². The van der Waals surface area contributed by atoms with Crippen LogP contribution in [0.2, 0.25) is 0 Å². The number of carbonyl (C=O) groups excluding carboxylic acids is 1. The van der Waals surface area contributed by atoms with Crippen LogP contribution in [-0.4, -0.2) is 41.5 Å². The number of aromatic nitrogens is 1. The van der Waals surface area contributed by atoms with Gasteiger partial charge in [-0.05, 0) is 31.4 Å². The van der Waals surface area contributed by atoms with Crippen LogP contribution in [0.15, 0.2) is 18.3 Å². The Morgan fingerprint density at radius 2 is 2.05 bits per heavy atom. The van der Waals surface area contributed by atoms with E-state index in [-0.39, 0.29) is 0 Å². The Morgan fingerprint density at radius 1 is 1.26 bits per heavy atom. The van der Waals surface area contributed by atoms with Gasteiger partial charge >= 0.3 is 0 Å². The minimum Gasteiger partial charge on any atom is -0.396 e. The maximum atomic E-state index is 11.8. The minimum absolute atomic E-state index is 0.329. The van der Waals surface area contributed by atoms with Gasteiger partial charge in [0.15, 0.2) is 5.82 Å². The van der Waals surface area contributed by atoms with Gasteiger partial charge in [-0.15, -0.1) is 0 Å². The topological polar surface area (TPSA) is 62.5 Å². The molecule has 5 heteroatoms. The first kappa shape index (κ1) is 12.3. The average molecular weight is 260 g/mol. The van der Waals surface area contributed by atoms with Crippen LogP contribution < -0.4 is 10.6 Å². The number of anilines is 2. The van der Waals surface area contributed by atoms with Crippen molar-refractivity contribution in [3.05, 3.63) is 18.3 Å². The molecule has 2 saturated heterocycles. The van der Waals surface area contributed by atoms with Crippen LogP contribution in [-0.2, 0) is 4.79 Å². The highest BCUT2D eigenvalue weighted by molar-refractivity contribution is 5.78. The summed E-state index contributed by atoms with van der Waals surface area (Å²) in [6.07, 6.45) is 5.56. The maximum absolute atomic E-state index is 11.8. The van der Waals surface area contributed by atoms with E-state index in [9.17, 15) is 4.79 Å². The molecular formula is C14H20N4O. The first-order valence-electron chi connectivity index (χ1n) is 7.00. The molecule has 3 heterocycles. The van der Waals surface area contributed by atoms with Gasteiger partial charge < -0.3 is 15.5 Å². The van der Waals surface area contributed by atoms with Gasteiger partial charge in [0.05, 0.1) is 5.69 Å². The van der Waals surface area contributed by atoms with Crippen molar-refractivity contribution in [1.82, 2.24) is 9.88 Å². The van der Waals surface area contributed by atoms with Gasteiger partial charge in [0.25, 0.3) is 0 Å². The van der Waals surface area contributed by atoms with Crippen molar-refractivity contribution in [3.63, 3.8) is 0 Å². The van der Waals surface area contributed by atoms with Crippen molar-refractivity contribution in [1.29, 1.82) is 0 Å². The Labute approximate surface area is 113 Å². The number of nitrogen functional groups attached to an aromatic ring is 1. The molecule has 0 atom stereocenters. The third-order valence-electron chi connectivity index (χ3n) is 4.13. The lowest BCUT2D eigenvalue weighted by Crippen LogP contribution is -2.45. The van der Waals surface area contributed by atoms with Gasteiger partial charge in [-0.3, -0.25) is 4.79 Å². The van der Waals surface area contributed by atoms with E-state index in [4.69, 9.17) is 5.73 Å². The third-order valence-corrected chi connectivity index (χ3v) is 4.13. The molecule has 1 amide bonds. The van der Waals surface area contributed by atoms with Gasteiger partial charge in [-0.1, -0.05) is 0 Å². The fourth-order valence-electron chi connectivity index (χ4n) is 3.12. The van der Waals surface area contributed by atoms with Gasteiger partial charge in [-0.2, -0.15) is 0 Å². The Hall–Kier alpha value is -1.78. The van der Waals surface area contributed by atoms with Crippen molar-refractivity contribution < 1.29 is 4.79 Å². The molecule has 1 aromatic heterocycles. The molecule has 0 aliphatic carbocycles. The zero-order chi connectivity index (χ0) is 13.2. The molecule has 2 aliphatic rings. The summed E-state index contributed by atoms with van der Waals surface area (Å²) in [6.45, 7) is 2.79. The molecule has 5 nitrogen and oxygen atoms in total. The number of hydrogen-bond acceptors (Lipinski definition) is 4. The SMILES string of the molecule is Nc1cccnc1N1CCC(N2CCCC2=O)CC1. The minimum atomic E-state index is 0.329. The highest BCUT2D eigenvalue weighted by Gasteiger charge is 2.31. The summed E-state index contributed by atoms with van der Waals surface area (Å²) in [7, 11) is 0. The average Bonchev–Trinajstić information content (AvgIpc) is 2.86. The van der Waals surface area contributed by atoms with Crippen LogP contribution in [0, 0.1) is 0 Å². The monoisotopic (exact) mass is 260 g/mol. The van der Waals surface area contributed by atoms with Crippen LogP contribution >= 0.6 is 0 Å². The summed E-state index contributed by atoms with van der Waals surface area (Å²) in [5, 5.41) is 0. The van der Waals surface area contributed by atoms with Crippen molar-refractivity contribution in [2.24, 2.45) is 0 Å². The van der Waals surface area contributed by atoms with E-state index in [1.54, 1.807) is 6.20 Å². The molecular weight excluding hydrogens is 240 g/mol. The van der Waals surface area contributed by atoms with E-state index in [1.165, 1.54) is 0 Å². The number of hydrogen-bond donors (Lipinski definition) is 1. The molecule has 3 rings (SSSR count). The summed E-state index contributed by atoms with van der Waals surface area (Å²) in [5.41, 5.74) is 6.70. The van der Waals surface area contributed by atoms with Gasteiger partial charge in [0.1, 0.15) is 0 Å². The van der Waals surface area contributed by atoms with Crippen molar-refractivity contribution in [2.45, 2.75) is 31.7 Å². The van der Waals surface area contributed by atoms with E-state index in [2.05, 4.69) is 14.8 Å². The van der Waals surface area contributed by atoms with Crippen LogP contribution in [0.4, 0.5) is 11.5 Å². The van der Waals surface area contributed by atoms with E-state index in [0.29, 0.717) is 11.9 Å². The standard InChI is InChI=1S/C14H20N4O/c15-12-3-1-7-16-14(12)17-9-5-11(6-10-17)18-8-2-4-13(18)19/h1,3,7,11H,2,4-6,8-10,15H2. The van der Waals surface area contributed by atoms with Gasteiger partial charge in [0.2, 0.25) is 5.91 Å². The molecule has 0 spiro atoms. The number of nitrogens with two attached hydrogens (primary N) is 1. The second kappa shape index (κ2) is 5.07. The molecule has 2 aliphatic heterocycles. The Balaban J connectivity index is 1.63. The van der Waals surface area contributed by atoms with Crippen LogP contribution in [0.1, 0.15) is 25.7 Å². The predicted octanol–water partition coefficient (Wildman–Crippen LogP) is 1.25.